The lowest BCUT2D eigenvalue weighted by Crippen LogP contribution is -3.14. The molecule has 0 aliphatic carbocycles. The number of rotatable bonds is 48. The van der Waals surface area contributed by atoms with Gasteiger partial charge in [-0.2, -0.15) is 0 Å². The van der Waals surface area contributed by atoms with Gasteiger partial charge in [0.15, 0.2) is 92.4 Å². The van der Waals surface area contributed by atoms with E-state index < -0.39 is 159 Å². The molecule has 6 aromatic rings. The third-order valence-electron chi connectivity index (χ3n) is 25.6. The van der Waals surface area contributed by atoms with E-state index in [4.69, 9.17) is 73.2 Å². The summed E-state index contributed by atoms with van der Waals surface area (Å²) in [5.74, 6) is -1.32. The van der Waals surface area contributed by atoms with Gasteiger partial charge in [-0.25, -0.2) is 68.8 Å². The maximum Gasteiger partial charge on any atom is 0.408 e. The average molecular weight is 2130 g/mol. The second-order valence-corrected chi connectivity index (χ2v) is 59.3. The van der Waals surface area contributed by atoms with Crippen LogP contribution in [0.2, 0.25) is 72.5 Å². The number of aldehydes is 1. The smallest absolute Gasteiger partial charge is 0.408 e. The van der Waals surface area contributed by atoms with Crippen LogP contribution in [0.4, 0.5) is 27.0 Å². The van der Waals surface area contributed by atoms with E-state index in [-0.39, 0.29) is 56.0 Å². The minimum Gasteiger partial charge on any atom is -0.477 e. The van der Waals surface area contributed by atoms with Crippen molar-refractivity contribution in [2.75, 3.05) is 87.2 Å². The number of amides is 2. The number of imidazole rings is 3. The van der Waals surface area contributed by atoms with Crippen molar-refractivity contribution in [2.45, 2.75) is 372 Å². The minimum absolute atomic E-state index is 0.0685. The van der Waals surface area contributed by atoms with Crippen LogP contribution in [0, 0.1) is 0 Å². The van der Waals surface area contributed by atoms with E-state index in [1.165, 1.54) is 29.9 Å². The Kier molecular flexibility index (Phi) is 47.0. The zero-order chi connectivity index (χ0) is 103. The van der Waals surface area contributed by atoms with E-state index in [0.29, 0.717) is 97.8 Å². The number of carboxylic acids is 1. The van der Waals surface area contributed by atoms with Gasteiger partial charge in [-0.15, -0.1) is 0 Å². The lowest BCUT2D eigenvalue weighted by molar-refractivity contribution is -0.901. The zero-order valence-corrected chi connectivity index (χ0v) is 92.1. The van der Waals surface area contributed by atoms with Gasteiger partial charge in [0.2, 0.25) is 0 Å². The molecule has 2 amide bonds. The number of alkyl carbamates (subject to hydrolysis) is 2. The summed E-state index contributed by atoms with van der Waals surface area (Å²) in [6, 6.07) is 9.11. The summed E-state index contributed by atoms with van der Waals surface area (Å²) in [5.41, 5.74) is 21.9. The Labute approximate surface area is 830 Å². The molecule has 0 bridgehead atoms. The Balaban J connectivity index is 0.000000301. The fourth-order valence-corrected chi connectivity index (χ4v) is 29.1. The van der Waals surface area contributed by atoms with Gasteiger partial charge in [0, 0.05) is 43.6 Å². The number of aliphatic hydroxyl groups excluding tert-OH is 4. The number of nitrogens with one attached hydrogen (secondary N) is 4. The van der Waals surface area contributed by atoms with Crippen molar-refractivity contribution in [1.82, 2.24) is 79.4 Å². The molecule has 3 aliphatic rings. The number of ether oxygens (including phenoxy) is 7. The van der Waals surface area contributed by atoms with E-state index in [2.05, 4.69) is 172 Å². The van der Waals surface area contributed by atoms with Gasteiger partial charge in [0.25, 0.3) is 0 Å². The second-order valence-electron chi connectivity index (χ2n) is 39.3. The molecule has 48 heteroatoms. The number of hydrogen-bond donors (Lipinski definition) is 13. The number of aromatic nitrogens is 12. The number of quaternary nitrogens is 2. The molecular formula is C90H164IN21O22Si4+2. The highest BCUT2D eigenvalue weighted by atomic mass is 127. The number of hydrogen-bond acceptors (Lipinski definition) is 35. The van der Waals surface area contributed by atoms with Crippen LogP contribution in [0.25, 0.3) is 33.5 Å². The number of nitrogens with two attached hydrogens (primary N) is 3. The number of aliphatic hydroxyl groups is 4. The SMILES string of the molecule is CC(C)(C)OC(=O)NC(CC=O)C(=O)OC(C)(C)C.CC[Si](CC)(CC)OC1[C@@H](CN(CCO)CCC(NC(=O)OC(C)(C)C)C(=O)OC(C)(C)C)O[C@@H](n2cnc3c(N)ncnc32)[C@H]1O[Si](CC)(CC)CC.CC[Si](CC)(CC)OC1[C@@H](CNCCO)O[C@@H](n2cnc3c(N)ncnc32)[C@H]1O[Si](CC)(CC)CC.Nc1ncnc2c1ncn2[C@@H]1O[C@H](C[NH+](CCI)CCC([NH3+])C(=O)O)C(O)[C@@H]1O. The molecule has 0 saturated carbocycles. The Morgan fingerprint density at radius 2 is 0.862 bits per heavy atom. The maximum atomic E-state index is 13.4. The van der Waals surface area contributed by atoms with Crippen LogP contribution < -0.4 is 43.8 Å². The normalized spacial score (nSPS) is 21.4. The summed E-state index contributed by atoms with van der Waals surface area (Å²) in [6.45, 7) is 51.3. The highest BCUT2D eigenvalue weighted by Gasteiger charge is 2.56. The Morgan fingerprint density at radius 3 is 1.22 bits per heavy atom. The van der Waals surface area contributed by atoms with Crippen LogP contribution in [0.1, 0.15) is 204 Å². The van der Waals surface area contributed by atoms with Crippen LogP contribution >= 0.6 is 22.6 Å². The molecule has 0 radical (unpaired) electrons. The number of carbonyl (C=O) groups excluding carboxylic acids is 5. The first kappa shape index (κ1) is 119. The number of halogens is 1. The molecule has 138 heavy (non-hydrogen) atoms. The van der Waals surface area contributed by atoms with Crippen molar-refractivity contribution >= 4 is 143 Å². The van der Waals surface area contributed by atoms with Crippen molar-refractivity contribution in [3.63, 3.8) is 0 Å². The number of aliphatic carboxylic acids is 1. The molecule has 3 aliphatic heterocycles. The molecule has 3 saturated heterocycles. The summed E-state index contributed by atoms with van der Waals surface area (Å²) >= 11 is 2.25. The first-order chi connectivity index (χ1) is 65.0. The van der Waals surface area contributed by atoms with E-state index in [1.54, 1.807) is 95.7 Å². The van der Waals surface area contributed by atoms with E-state index in [0.717, 1.165) is 88.4 Å². The molecule has 16 atom stereocenters. The molecule has 3 fully saturated rings. The van der Waals surface area contributed by atoms with Crippen LogP contribution in [-0.2, 0) is 70.0 Å². The van der Waals surface area contributed by atoms with Crippen molar-refractivity contribution in [2.24, 2.45) is 0 Å². The summed E-state index contributed by atoms with van der Waals surface area (Å²) < 4.78 is 76.5. The third-order valence-corrected chi connectivity index (χ3v) is 44.7. The van der Waals surface area contributed by atoms with Crippen molar-refractivity contribution in [3.8, 4) is 0 Å². The maximum absolute atomic E-state index is 13.4. The molecule has 7 unspecified atom stereocenters. The number of anilines is 3. The number of esters is 2. The van der Waals surface area contributed by atoms with Crippen LogP contribution in [0.5, 0.6) is 0 Å². The Bertz CT molecular complexity index is 4710. The van der Waals surface area contributed by atoms with E-state index in [1.807, 2.05) is 14.0 Å². The summed E-state index contributed by atoms with van der Waals surface area (Å²) in [4.78, 5) is 113. The lowest BCUT2D eigenvalue weighted by Gasteiger charge is -2.40. The molecule has 6 aromatic heterocycles. The fourth-order valence-electron chi connectivity index (χ4n) is 16.9. The van der Waals surface area contributed by atoms with Gasteiger partial charge in [-0.05, 0) is 162 Å². The first-order valence-electron chi connectivity index (χ1n) is 48.8. The van der Waals surface area contributed by atoms with Gasteiger partial charge < -0.3 is 125 Å². The number of nitrogen functional groups attached to an aromatic ring is 3. The summed E-state index contributed by atoms with van der Waals surface area (Å²) in [7, 11) is -8.49. The number of carboxylic acid groups (broad SMARTS) is 1. The molecule has 0 aromatic carbocycles. The van der Waals surface area contributed by atoms with E-state index in [9.17, 15) is 49.2 Å². The Morgan fingerprint density at radius 1 is 0.500 bits per heavy atom. The highest BCUT2D eigenvalue weighted by molar-refractivity contribution is 14.1. The topological polar surface area (TPSA) is 585 Å². The van der Waals surface area contributed by atoms with Gasteiger partial charge in [0.1, 0.15) is 138 Å². The first-order valence-corrected chi connectivity index (χ1v) is 60.4. The number of fused-ring (bicyclic) bond motifs is 3. The molecule has 9 heterocycles. The number of alkyl halides is 1. The third kappa shape index (κ3) is 33.6. The molecule has 782 valence electrons. The van der Waals surface area contributed by atoms with Crippen molar-refractivity contribution < 1.29 is 116 Å². The number of nitrogens with zero attached hydrogens (tertiary/aromatic N) is 13. The van der Waals surface area contributed by atoms with Crippen LogP contribution in [0.15, 0.2) is 38.0 Å². The van der Waals surface area contributed by atoms with Crippen molar-refractivity contribution in [3.05, 3.63) is 38.0 Å². The average Bonchev–Trinajstić information content (AvgIpc) is 1.60. The van der Waals surface area contributed by atoms with Gasteiger partial charge in [-0.3, -0.25) is 18.6 Å². The standard InChI is InChI=1S/C37H69N7O8Si2.C24H46N6O4Si2.C16H24IN7O5.C13H23NO5/c1-13-53(14-2,15-3)51-29-27(23-43(21-22-45)20-19-26(34(46)49-36(7,8)9)42-35(47)50-37(10,11)12)48-33(30(29)52-54(16-4,17-5)18-6)44-25-41-28-31(38)39-24-40-32(28)44;1-7-35(8-2,9-3)33-20-18(15-26-13-14-31)32-24(21(20)34-36(10-4,11-5)12-6)30-17-29-19-22(25)27-16-28-23(19)30;17-2-4-23(3-1-8(18)16(27)28)5-9-11(25)12(26)15(29-9)24-7-22-10-13(19)20-6-21-14(10)24;1-12(2,3)18-10(16)9(7-8-15)14-11(17)19-13(4,5)6/h24-27,29-30,33,45H,13-23H2,1-12H3,(H,42,47)(H2,38,39,40);16-18,20-21,24,26,31H,7-15H2,1-6H3,(H2,25,27,28);6-9,11-12,15,25-26H,1-5,18H2,(H,27,28)(H2,19,20,21);8-9H,7H2,1-6H3,(H,14,17)/p+2/t26?,27-,29?,30+,33-;18-,20?,21+,24-;8?,9-,11?,12+,15-;/m111./s1. The van der Waals surface area contributed by atoms with Gasteiger partial charge in [0.05, 0.1) is 51.7 Å². The largest absolute Gasteiger partial charge is 0.477 e. The minimum atomic E-state index is -2.24. The quantitative estimate of drug-likeness (QED) is 0.00328. The molecule has 9 rings (SSSR count). The summed E-state index contributed by atoms with van der Waals surface area (Å²) in [6.07, 6.45) is 1.54. The summed E-state index contributed by atoms with van der Waals surface area (Å²) in [5, 5.41) is 58.2. The molecule has 43 nitrogen and oxygen atoms in total. The zero-order valence-electron chi connectivity index (χ0n) is 85.9. The highest BCUT2D eigenvalue weighted by Crippen LogP contribution is 2.45. The predicted molar refractivity (Wildman–Crippen MR) is 541 cm³/mol. The molecular weight excluding hydrogens is 1970 g/mol. The molecule has 18 N–H and O–H groups in total. The fraction of sp³-hybridized carbons (Fsp3) is 0.767. The van der Waals surface area contributed by atoms with Crippen LogP contribution in [0.3, 0.4) is 0 Å². The monoisotopic (exact) mass is 2130 g/mol. The Hall–Kier alpha value is -7.33. The van der Waals surface area contributed by atoms with Crippen LogP contribution in [-0.4, -0.2) is 324 Å². The lowest BCUT2D eigenvalue weighted by atomic mass is 10.1. The second kappa shape index (κ2) is 54.4. The van der Waals surface area contributed by atoms with Gasteiger partial charge >= 0.3 is 30.1 Å². The van der Waals surface area contributed by atoms with Crippen molar-refractivity contribution in [1.29, 1.82) is 0 Å². The molecule has 0 spiro atoms. The van der Waals surface area contributed by atoms with E-state index >= 15 is 0 Å². The predicted octanol–water partition coefficient (Wildman–Crippen LogP) is 7.92. The number of carbonyl (C=O) groups is 6. The van der Waals surface area contributed by atoms with Gasteiger partial charge in [-0.1, -0.05) is 106 Å².